The third-order valence-corrected chi connectivity index (χ3v) is 4.07. The predicted octanol–water partition coefficient (Wildman–Crippen LogP) is 2.91. The van der Waals surface area contributed by atoms with Crippen molar-refractivity contribution in [1.29, 1.82) is 0 Å². The summed E-state index contributed by atoms with van der Waals surface area (Å²) in [7, 11) is 1.25. The van der Waals surface area contributed by atoms with E-state index in [2.05, 4.69) is 5.10 Å². The number of ether oxygens (including phenoxy) is 3. The second kappa shape index (κ2) is 8.15. The van der Waals surface area contributed by atoms with Crippen molar-refractivity contribution in [3.05, 3.63) is 63.5 Å². The van der Waals surface area contributed by atoms with Crippen LogP contribution in [-0.4, -0.2) is 34.8 Å². The number of non-ortho nitro benzene ring substituents is 1. The lowest BCUT2D eigenvalue weighted by molar-refractivity contribution is -0.385. The number of carbonyl (C=O) groups is 2. The number of hydrogen-bond donors (Lipinski definition) is 0. The van der Waals surface area contributed by atoms with Crippen molar-refractivity contribution in [3.8, 4) is 11.5 Å². The first kappa shape index (κ1) is 20.7. The summed E-state index contributed by atoms with van der Waals surface area (Å²) in [5, 5.41) is 16.4. The zero-order chi connectivity index (χ0) is 22.0. The first-order valence-corrected chi connectivity index (χ1v) is 8.57. The Balaban J connectivity index is 2.13. The molecule has 0 saturated heterocycles. The molecule has 3 rings (SSSR count). The number of hydrazone groups is 1. The fourth-order valence-electron chi connectivity index (χ4n) is 2.77. The van der Waals surface area contributed by atoms with E-state index in [0.717, 1.165) is 24.1 Å². The first-order chi connectivity index (χ1) is 14.2. The van der Waals surface area contributed by atoms with Gasteiger partial charge in [-0.25, -0.2) is 4.39 Å². The Labute approximate surface area is 169 Å². The SMILES string of the molecule is COc1cc([N+](=O)[O-])cc(C2=NN(C(C)=O)[C@@H](c3ccc(F)cc3)O2)c1OC(C)=O. The van der Waals surface area contributed by atoms with Gasteiger partial charge in [0.15, 0.2) is 11.5 Å². The Bertz CT molecular complexity index is 1050. The van der Waals surface area contributed by atoms with Crippen molar-refractivity contribution in [2.45, 2.75) is 20.1 Å². The maximum atomic E-state index is 13.3. The average Bonchev–Trinajstić information content (AvgIpc) is 3.13. The number of carbonyl (C=O) groups excluding carboxylic acids is 2. The van der Waals surface area contributed by atoms with Gasteiger partial charge in [-0.1, -0.05) is 12.1 Å². The summed E-state index contributed by atoms with van der Waals surface area (Å²) in [6.45, 7) is 2.39. The molecule has 0 bridgehead atoms. The maximum absolute atomic E-state index is 13.3. The van der Waals surface area contributed by atoms with E-state index < -0.39 is 28.8 Å². The van der Waals surface area contributed by atoms with E-state index in [1.165, 1.54) is 38.3 Å². The second-order valence-corrected chi connectivity index (χ2v) is 6.17. The van der Waals surface area contributed by atoms with Gasteiger partial charge in [-0.2, -0.15) is 5.01 Å². The van der Waals surface area contributed by atoms with E-state index in [-0.39, 0.29) is 28.6 Å². The molecule has 2 aromatic carbocycles. The molecule has 0 aromatic heterocycles. The number of nitro benzene ring substituents is 1. The molecular formula is C19H16FN3O7. The molecule has 0 N–H and O–H groups in total. The standard InChI is InChI=1S/C19H16FN3O7/c1-10(24)22-19(12-4-6-13(20)7-5-12)30-18(21-22)15-8-14(23(26)27)9-16(28-3)17(15)29-11(2)25/h4-9,19H,1-3H3/t19-/m1/s1. The second-order valence-electron chi connectivity index (χ2n) is 6.17. The van der Waals surface area contributed by atoms with Crippen LogP contribution >= 0.6 is 0 Å². The van der Waals surface area contributed by atoms with Gasteiger partial charge in [0.05, 0.1) is 23.7 Å². The van der Waals surface area contributed by atoms with Gasteiger partial charge in [-0.05, 0) is 12.1 Å². The zero-order valence-corrected chi connectivity index (χ0v) is 16.1. The average molecular weight is 417 g/mol. The molecule has 0 aliphatic carbocycles. The molecule has 1 aliphatic heterocycles. The number of halogens is 1. The van der Waals surface area contributed by atoms with Crippen LogP contribution in [0, 0.1) is 15.9 Å². The minimum atomic E-state index is -1.05. The van der Waals surface area contributed by atoms with Crippen LogP contribution < -0.4 is 9.47 Å². The van der Waals surface area contributed by atoms with Crippen molar-refractivity contribution in [1.82, 2.24) is 5.01 Å². The molecular weight excluding hydrogens is 401 g/mol. The topological polar surface area (TPSA) is 121 Å². The third-order valence-electron chi connectivity index (χ3n) is 4.07. The van der Waals surface area contributed by atoms with Gasteiger partial charge in [-0.15, -0.1) is 5.10 Å². The highest BCUT2D eigenvalue weighted by Gasteiger charge is 2.36. The number of nitro groups is 1. The number of methoxy groups -OCH3 is 1. The van der Waals surface area contributed by atoms with Crippen LogP contribution in [-0.2, 0) is 14.3 Å². The molecule has 0 fully saturated rings. The largest absolute Gasteiger partial charge is 0.493 e. The lowest BCUT2D eigenvalue weighted by Crippen LogP contribution is -2.25. The van der Waals surface area contributed by atoms with Gasteiger partial charge < -0.3 is 14.2 Å². The summed E-state index contributed by atoms with van der Waals surface area (Å²) in [6, 6.07) is 7.37. The fraction of sp³-hybridized carbons (Fsp3) is 0.211. The summed E-state index contributed by atoms with van der Waals surface area (Å²) >= 11 is 0. The molecule has 0 unspecified atom stereocenters. The monoisotopic (exact) mass is 417 g/mol. The molecule has 0 saturated carbocycles. The van der Waals surface area contributed by atoms with Gasteiger partial charge in [0, 0.05) is 25.5 Å². The molecule has 1 aliphatic rings. The van der Waals surface area contributed by atoms with Crippen LogP contribution in [0.25, 0.3) is 0 Å². The van der Waals surface area contributed by atoms with Crippen LogP contribution in [0.4, 0.5) is 10.1 Å². The van der Waals surface area contributed by atoms with Crippen LogP contribution in [0.2, 0.25) is 0 Å². The molecule has 156 valence electrons. The van der Waals surface area contributed by atoms with Crippen molar-refractivity contribution in [2.24, 2.45) is 5.10 Å². The molecule has 2 aromatic rings. The molecule has 1 atom stereocenters. The van der Waals surface area contributed by atoms with Crippen LogP contribution in [0.15, 0.2) is 41.5 Å². The van der Waals surface area contributed by atoms with E-state index in [0.29, 0.717) is 5.56 Å². The number of amides is 1. The zero-order valence-electron chi connectivity index (χ0n) is 16.1. The molecule has 0 spiro atoms. The van der Waals surface area contributed by atoms with E-state index in [1.54, 1.807) is 0 Å². The van der Waals surface area contributed by atoms with Crippen molar-refractivity contribution < 1.29 is 33.1 Å². The Morgan fingerprint density at radius 1 is 1.23 bits per heavy atom. The predicted molar refractivity (Wildman–Crippen MR) is 100 cm³/mol. The molecule has 1 heterocycles. The summed E-state index contributed by atoms with van der Waals surface area (Å²) in [5.41, 5.74) is -0.0208. The first-order valence-electron chi connectivity index (χ1n) is 8.57. The Hall–Kier alpha value is -4.02. The number of benzene rings is 2. The number of hydrogen-bond acceptors (Lipinski definition) is 8. The molecule has 30 heavy (non-hydrogen) atoms. The van der Waals surface area contributed by atoms with Crippen LogP contribution in [0.1, 0.15) is 31.2 Å². The Morgan fingerprint density at radius 3 is 2.43 bits per heavy atom. The highest BCUT2D eigenvalue weighted by atomic mass is 19.1. The summed E-state index contributed by atoms with van der Waals surface area (Å²) < 4.78 is 29.3. The van der Waals surface area contributed by atoms with Crippen molar-refractivity contribution >= 4 is 23.5 Å². The Morgan fingerprint density at radius 2 is 1.90 bits per heavy atom. The van der Waals surface area contributed by atoms with Gasteiger partial charge in [0.25, 0.3) is 5.69 Å². The minimum absolute atomic E-state index is 0.0629. The third kappa shape index (κ3) is 4.04. The lowest BCUT2D eigenvalue weighted by atomic mass is 10.1. The van der Waals surface area contributed by atoms with Crippen molar-refractivity contribution in [3.63, 3.8) is 0 Å². The molecule has 11 heteroatoms. The van der Waals surface area contributed by atoms with Crippen LogP contribution in [0.3, 0.4) is 0 Å². The van der Waals surface area contributed by atoms with E-state index >= 15 is 0 Å². The van der Waals surface area contributed by atoms with Crippen LogP contribution in [0.5, 0.6) is 11.5 Å². The summed E-state index contributed by atoms with van der Waals surface area (Å²) in [4.78, 5) is 34.3. The Kier molecular flexibility index (Phi) is 5.63. The van der Waals surface area contributed by atoms with Gasteiger partial charge in [-0.3, -0.25) is 19.7 Å². The van der Waals surface area contributed by atoms with Gasteiger partial charge in [0.2, 0.25) is 18.0 Å². The number of esters is 1. The normalized spacial score (nSPS) is 15.3. The highest BCUT2D eigenvalue weighted by Crippen LogP contribution is 2.39. The smallest absolute Gasteiger partial charge is 0.308 e. The molecule has 0 radical (unpaired) electrons. The fourth-order valence-corrected chi connectivity index (χ4v) is 2.77. The van der Waals surface area contributed by atoms with E-state index in [4.69, 9.17) is 14.2 Å². The van der Waals surface area contributed by atoms with Gasteiger partial charge >= 0.3 is 5.97 Å². The molecule has 10 nitrogen and oxygen atoms in total. The molecule has 1 amide bonds. The summed E-state index contributed by atoms with van der Waals surface area (Å²) in [5.74, 6) is -2.14. The van der Waals surface area contributed by atoms with Gasteiger partial charge in [0.1, 0.15) is 5.82 Å². The van der Waals surface area contributed by atoms with E-state index in [9.17, 15) is 24.1 Å². The minimum Gasteiger partial charge on any atom is -0.493 e. The van der Waals surface area contributed by atoms with E-state index in [1.807, 2.05) is 0 Å². The quantitative estimate of drug-likeness (QED) is 0.317. The van der Waals surface area contributed by atoms with Crippen molar-refractivity contribution in [2.75, 3.05) is 7.11 Å². The maximum Gasteiger partial charge on any atom is 0.308 e. The number of rotatable bonds is 5. The lowest BCUT2D eigenvalue weighted by Gasteiger charge is -2.19. The highest BCUT2D eigenvalue weighted by molar-refractivity contribution is 6.01. The summed E-state index contributed by atoms with van der Waals surface area (Å²) in [6.07, 6.45) is -1.05. The number of nitrogens with zero attached hydrogens (tertiary/aromatic N) is 3.